The van der Waals surface area contributed by atoms with Crippen LogP contribution in [0.25, 0.3) is 11.5 Å². The number of hydrogen-bond acceptors (Lipinski definition) is 5. The number of halogens is 1. The third kappa shape index (κ3) is 4.44. The highest BCUT2D eigenvalue weighted by molar-refractivity contribution is 6.31. The Kier molecular flexibility index (Phi) is 5.96. The Morgan fingerprint density at radius 3 is 2.50 bits per heavy atom. The minimum atomic E-state index is 0.338. The molecule has 5 nitrogen and oxygen atoms in total. The van der Waals surface area contributed by atoms with Crippen LogP contribution in [-0.2, 0) is 6.61 Å². The molecule has 1 aliphatic heterocycles. The van der Waals surface area contributed by atoms with Crippen molar-refractivity contribution in [2.75, 3.05) is 18.0 Å². The zero-order valence-electron chi connectivity index (χ0n) is 17.1. The molecule has 3 aromatic rings. The molecule has 6 heteroatoms. The summed E-state index contributed by atoms with van der Waals surface area (Å²) in [6, 6.07) is 17.3. The summed E-state index contributed by atoms with van der Waals surface area (Å²) < 4.78 is 11.9. The molecule has 2 aromatic carbocycles. The van der Waals surface area contributed by atoms with Gasteiger partial charge in [-0.25, -0.2) is 0 Å². The predicted molar refractivity (Wildman–Crippen MR) is 118 cm³/mol. The van der Waals surface area contributed by atoms with Crippen molar-refractivity contribution < 1.29 is 9.15 Å². The van der Waals surface area contributed by atoms with Crippen molar-refractivity contribution in [2.45, 2.75) is 26.9 Å². The number of aromatic nitrogens is 1. The zero-order valence-corrected chi connectivity index (χ0v) is 17.9. The van der Waals surface area contributed by atoms with Gasteiger partial charge in [0, 0.05) is 29.2 Å². The van der Waals surface area contributed by atoms with E-state index < -0.39 is 0 Å². The van der Waals surface area contributed by atoms with Gasteiger partial charge in [-0.15, -0.1) is 0 Å². The first-order valence-corrected chi connectivity index (χ1v) is 10.5. The van der Waals surface area contributed by atoms with E-state index in [4.69, 9.17) is 20.8 Å². The maximum atomic E-state index is 9.56. The molecule has 1 fully saturated rings. The van der Waals surface area contributed by atoms with Crippen molar-refractivity contribution in [3.63, 3.8) is 0 Å². The van der Waals surface area contributed by atoms with Gasteiger partial charge < -0.3 is 14.1 Å². The van der Waals surface area contributed by atoms with Gasteiger partial charge in [0.25, 0.3) is 0 Å². The second kappa shape index (κ2) is 8.81. The number of oxazole rings is 1. The molecule has 0 N–H and O–H groups in total. The molecular formula is C24H24ClN3O2. The Labute approximate surface area is 181 Å². The molecule has 0 bridgehead atoms. The lowest BCUT2D eigenvalue weighted by Gasteiger charge is -2.34. The molecule has 154 valence electrons. The van der Waals surface area contributed by atoms with Gasteiger partial charge in [-0.05, 0) is 48.6 Å². The van der Waals surface area contributed by atoms with Crippen LogP contribution in [0, 0.1) is 23.2 Å². The number of anilines is 1. The van der Waals surface area contributed by atoms with E-state index in [1.165, 1.54) is 6.42 Å². The lowest BCUT2D eigenvalue weighted by Crippen LogP contribution is -2.38. The average molecular weight is 422 g/mol. The van der Waals surface area contributed by atoms with Crippen LogP contribution in [0.1, 0.15) is 31.5 Å². The second-order valence-electron chi connectivity index (χ2n) is 8.04. The fraction of sp³-hybridized carbons (Fsp3) is 0.333. The summed E-state index contributed by atoms with van der Waals surface area (Å²) in [5.74, 6) is 2.87. The smallest absolute Gasteiger partial charge is 0.235 e. The van der Waals surface area contributed by atoms with Crippen LogP contribution in [0.3, 0.4) is 0 Å². The van der Waals surface area contributed by atoms with Gasteiger partial charge in [-0.1, -0.05) is 43.6 Å². The molecule has 4 rings (SSSR count). The second-order valence-corrected chi connectivity index (χ2v) is 8.45. The van der Waals surface area contributed by atoms with E-state index in [2.05, 4.69) is 29.8 Å². The maximum Gasteiger partial charge on any atom is 0.235 e. The van der Waals surface area contributed by atoms with E-state index in [9.17, 15) is 5.26 Å². The average Bonchev–Trinajstić information content (AvgIpc) is 3.17. The fourth-order valence-electron chi connectivity index (χ4n) is 4.02. The van der Waals surface area contributed by atoms with Crippen LogP contribution in [-0.4, -0.2) is 18.1 Å². The van der Waals surface area contributed by atoms with Crippen molar-refractivity contribution in [1.29, 1.82) is 5.26 Å². The van der Waals surface area contributed by atoms with E-state index in [0.717, 1.165) is 30.0 Å². The SMILES string of the molecule is C[C@H]1C[C@H](C)CN(c2oc(-c3ccc(OCc4ccccc4Cl)cc3)nc2C#N)C1. The zero-order chi connectivity index (χ0) is 21.1. The predicted octanol–water partition coefficient (Wildman–Crippen LogP) is 5.93. The largest absolute Gasteiger partial charge is 0.489 e. The Balaban J connectivity index is 1.50. The molecule has 1 saturated heterocycles. The Morgan fingerprint density at radius 1 is 1.13 bits per heavy atom. The van der Waals surface area contributed by atoms with Crippen molar-refractivity contribution in [3.05, 3.63) is 64.8 Å². The quantitative estimate of drug-likeness (QED) is 0.511. The molecule has 0 aliphatic carbocycles. The minimum absolute atomic E-state index is 0.338. The summed E-state index contributed by atoms with van der Waals surface area (Å²) >= 11 is 6.18. The number of piperidine rings is 1. The Hall–Kier alpha value is -2.97. The van der Waals surface area contributed by atoms with E-state index in [1.807, 2.05) is 48.5 Å². The molecule has 0 unspecified atom stereocenters. The van der Waals surface area contributed by atoms with Gasteiger partial charge in [-0.3, -0.25) is 0 Å². The van der Waals surface area contributed by atoms with Crippen molar-refractivity contribution in [2.24, 2.45) is 11.8 Å². The van der Waals surface area contributed by atoms with Crippen LogP contribution < -0.4 is 9.64 Å². The van der Waals surface area contributed by atoms with E-state index in [1.54, 1.807) is 0 Å². The lowest BCUT2D eigenvalue weighted by molar-refractivity contribution is 0.306. The van der Waals surface area contributed by atoms with Gasteiger partial charge in [0.15, 0.2) is 0 Å². The van der Waals surface area contributed by atoms with Gasteiger partial charge in [0.1, 0.15) is 18.4 Å². The summed E-state index contributed by atoms with van der Waals surface area (Å²) in [6.45, 7) is 6.61. The van der Waals surface area contributed by atoms with Crippen LogP contribution in [0.2, 0.25) is 5.02 Å². The van der Waals surface area contributed by atoms with Gasteiger partial charge in [-0.2, -0.15) is 10.2 Å². The topological polar surface area (TPSA) is 62.3 Å². The molecule has 1 aliphatic rings. The summed E-state index contributed by atoms with van der Waals surface area (Å²) in [5.41, 5.74) is 2.08. The molecular weight excluding hydrogens is 398 g/mol. The Morgan fingerprint density at radius 2 is 1.83 bits per heavy atom. The lowest BCUT2D eigenvalue weighted by atomic mass is 9.92. The van der Waals surface area contributed by atoms with E-state index >= 15 is 0 Å². The highest BCUT2D eigenvalue weighted by Crippen LogP contribution is 2.33. The van der Waals surface area contributed by atoms with Crippen molar-refractivity contribution in [3.8, 4) is 23.3 Å². The third-order valence-electron chi connectivity index (χ3n) is 5.32. The van der Waals surface area contributed by atoms with Crippen LogP contribution >= 0.6 is 11.6 Å². The molecule has 0 radical (unpaired) electrons. The molecule has 2 atom stereocenters. The van der Waals surface area contributed by atoms with Crippen LogP contribution in [0.4, 0.5) is 5.88 Å². The maximum absolute atomic E-state index is 9.56. The summed E-state index contributed by atoms with van der Waals surface area (Å²) in [4.78, 5) is 6.58. The molecule has 1 aromatic heterocycles. The molecule has 0 spiro atoms. The van der Waals surface area contributed by atoms with Gasteiger partial charge in [0.05, 0.1) is 0 Å². The Bertz CT molecular complexity index is 1050. The standard InChI is InChI=1S/C24H24ClN3O2/c1-16-11-17(2)14-28(13-16)24-22(12-26)27-23(30-24)18-7-9-20(10-8-18)29-15-19-5-3-4-6-21(19)25/h3-10,16-17H,11,13-15H2,1-2H3/t16-,17-/m0/s1. The van der Waals surface area contributed by atoms with Crippen molar-refractivity contribution in [1.82, 2.24) is 4.98 Å². The summed E-state index contributed by atoms with van der Waals surface area (Å²) in [7, 11) is 0. The number of benzene rings is 2. The number of nitrogens with zero attached hydrogens (tertiary/aromatic N) is 3. The summed E-state index contributed by atoms with van der Waals surface area (Å²) in [6.07, 6.45) is 1.19. The number of nitriles is 1. The normalized spacial score (nSPS) is 18.8. The molecule has 30 heavy (non-hydrogen) atoms. The first kappa shape index (κ1) is 20.3. The fourth-order valence-corrected chi connectivity index (χ4v) is 4.21. The van der Waals surface area contributed by atoms with Crippen molar-refractivity contribution >= 4 is 17.5 Å². The van der Waals surface area contributed by atoms with Gasteiger partial charge >= 0.3 is 0 Å². The number of ether oxygens (including phenoxy) is 1. The number of rotatable bonds is 5. The summed E-state index contributed by atoms with van der Waals surface area (Å²) in [5, 5.41) is 10.2. The highest BCUT2D eigenvalue weighted by Gasteiger charge is 2.27. The molecule has 2 heterocycles. The number of hydrogen-bond donors (Lipinski definition) is 0. The van der Waals surface area contributed by atoms with E-state index in [0.29, 0.717) is 40.9 Å². The van der Waals surface area contributed by atoms with Crippen LogP contribution in [0.5, 0.6) is 5.75 Å². The molecule has 0 amide bonds. The van der Waals surface area contributed by atoms with E-state index in [-0.39, 0.29) is 0 Å². The monoisotopic (exact) mass is 421 g/mol. The highest BCUT2D eigenvalue weighted by atomic mass is 35.5. The first-order chi connectivity index (χ1) is 14.5. The third-order valence-corrected chi connectivity index (χ3v) is 5.69. The molecule has 0 saturated carbocycles. The minimum Gasteiger partial charge on any atom is -0.489 e. The first-order valence-electron chi connectivity index (χ1n) is 10.2. The van der Waals surface area contributed by atoms with Crippen LogP contribution in [0.15, 0.2) is 52.9 Å². The van der Waals surface area contributed by atoms with Gasteiger partial charge in [0.2, 0.25) is 17.5 Å².